The molecular formula is C11H20BrNO. The highest BCUT2D eigenvalue weighted by Gasteiger charge is 2.38. The Kier molecular flexibility index (Phi) is 3.99. The molecule has 0 saturated heterocycles. The lowest BCUT2D eigenvalue weighted by atomic mass is 9.88. The zero-order valence-electron chi connectivity index (χ0n) is 9.35. The minimum Gasteiger partial charge on any atom is -0.338 e. The van der Waals surface area contributed by atoms with Crippen LogP contribution >= 0.6 is 15.9 Å². The molecule has 0 aromatic rings. The quantitative estimate of drug-likeness (QED) is 0.698. The second-order valence-electron chi connectivity index (χ2n) is 4.66. The van der Waals surface area contributed by atoms with E-state index in [1.807, 2.05) is 13.8 Å². The van der Waals surface area contributed by atoms with Gasteiger partial charge in [0.2, 0.25) is 5.91 Å². The number of nitrogens with zero attached hydrogens (tertiary/aromatic N) is 1. The standard InChI is InChI=1S/C11H20BrNO/c1-4-11(2,3)10(14)13(8-7-12)9-5-6-9/h9H,4-8H2,1-3H3. The van der Waals surface area contributed by atoms with E-state index in [0.717, 1.165) is 18.3 Å². The molecular weight excluding hydrogens is 242 g/mol. The first-order valence-corrected chi connectivity index (χ1v) is 6.52. The zero-order chi connectivity index (χ0) is 10.8. The van der Waals surface area contributed by atoms with Gasteiger partial charge >= 0.3 is 0 Å². The molecule has 0 atom stereocenters. The predicted octanol–water partition coefficient (Wildman–Crippen LogP) is 2.81. The fourth-order valence-corrected chi connectivity index (χ4v) is 1.85. The number of rotatable bonds is 5. The van der Waals surface area contributed by atoms with Crippen LogP contribution in [-0.4, -0.2) is 28.7 Å². The van der Waals surface area contributed by atoms with Crippen LogP contribution in [0.15, 0.2) is 0 Å². The Morgan fingerprint density at radius 2 is 2.07 bits per heavy atom. The molecule has 2 nitrogen and oxygen atoms in total. The third-order valence-corrected chi connectivity index (χ3v) is 3.39. The summed E-state index contributed by atoms with van der Waals surface area (Å²) >= 11 is 3.41. The molecule has 0 aromatic heterocycles. The highest BCUT2D eigenvalue weighted by molar-refractivity contribution is 9.09. The molecule has 0 aromatic carbocycles. The van der Waals surface area contributed by atoms with E-state index in [-0.39, 0.29) is 5.41 Å². The van der Waals surface area contributed by atoms with E-state index in [0.29, 0.717) is 11.9 Å². The van der Waals surface area contributed by atoms with Gasteiger partial charge in [0, 0.05) is 23.3 Å². The minimum atomic E-state index is -0.190. The molecule has 0 spiro atoms. The van der Waals surface area contributed by atoms with Gasteiger partial charge in [-0.2, -0.15) is 0 Å². The molecule has 0 radical (unpaired) electrons. The Morgan fingerprint density at radius 3 is 2.43 bits per heavy atom. The average molecular weight is 262 g/mol. The fraction of sp³-hybridized carbons (Fsp3) is 0.909. The van der Waals surface area contributed by atoms with Gasteiger partial charge in [0.05, 0.1) is 0 Å². The van der Waals surface area contributed by atoms with Crippen LogP contribution in [0.2, 0.25) is 0 Å². The molecule has 0 unspecified atom stereocenters. The summed E-state index contributed by atoms with van der Waals surface area (Å²) in [6.07, 6.45) is 3.30. The van der Waals surface area contributed by atoms with Crippen molar-refractivity contribution >= 4 is 21.8 Å². The molecule has 14 heavy (non-hydrogen) atoms. The first-order valence-electron chi connectivity index (χ1n) is 5.40. The van der Waals surface area contributed by atoms with Crippen LogP contribution in [0, 0.1) is 5.41 Å². The third kappa shape index (κ3) is 2.72. The van der Waals surface area contributed by atoms with E-state index in [2.05, 4.69) is 27.8 Å². The Labute approximate surface area is 95.2 Å². The summed E-state index contributed by atoms with van der Waals surface area (Å²) in [5.74, 6) is 0.321. The summed E-state index contributed by atoms with van der Waals surface area (Å²) in [5, 5.41) is 0.884. The van der Waals surface area contributed by atoms with Gasteiger partial charge < -0.3 is 4.90 Å². The monoisotopic (exact) mass is 261 g/mol. The first kappa shape index (κ1) is 12.0. The van der Waals surface area contributed by atoms with Gasteiger partial charge in [-0.15, -0.1) is 0 Å². The molecule has 3 heteroatoms. The van der Waals surface area contributed by atoms with Gasteiger partial charge in [-0.1, -0.05) is 36.7 Å². The van der Waals surface area contributed by atoms with Crippen molar-refractivity contribution in [2.24, 2.45) is 5.41 Å². The van der Waals surface area contributed by atoms with Crippen LogP contribution in [0.1, 0.15) is 40.0 Å². The smallest absolute Gasteiger partial charge is 0.228 e. The number of carbonyl (C=O) groups excluding carboxylic acids is 1. The van der Waals surface area contributed by atoms with E-state index < -0.39 is 0 Å². The van der Waals surface area contributed by atoms with Gasteiger partial charge in [0.25, 0.3) is 0 Å². The summed E-state index contributed by atoms with van der Waals surface area (Å²) in [4.78, 5) is 14.2. The summed E-state index contributed by atoms with van der Waals surface area (Å²) in [5.41, 5.74) is -0.190. The molecule has 1 amide bonds. The maximum atomic E-state index is 12.2. The summed E-state index contributed by atoms with van der Waals surface area (Å²) in [6.45, 7) is 7.02. The summed E-state index contributed by atoms with van der Waals surface area (Å²) in [6, 6.07) is 0.533. The normalized spacial score (nSPS) is 16.9. The van der Waals surface area contributed by atoms with Crippen molar-refractivity contribution in [1.82, 2.24) is 4.90 Å². The largest absolute Gasteiger partial charge is 0.338 e. The molecule has 1 aliphatic carbocycles. The number of alkyl halides is 1. The molecule has 1 rings (SSSR count). The van der Waals surface area contributed by atoms with Crippen molar-refractivity contribution < 1.29 is 4.79 Å². The lowest BCUT2D eigenvalue weighted by Crippen LogP contribution is -2.43. The van der Waals surface area contributed by atoms with Gasteiger partial charge in [0.1, 0.15) is 0 Å². The van der Waals surface area contributed by atoms with Gasteiger partial charge in [0.15, 0.2) is 0 Å². The molecule has 0 heterocycles. The number of carbonyl (C=O) groups is 1. The Hall–Kier alpha value is -0.0500. The lowest BCUT2D eigenvalue weighted by molar-refractivity contribution is -0.140. The van der Waals surface area contributed by atoms with Crippen molar-refractivity contribution in [3.05, 3.63) is 0 Å². The maximum Gasteiger partial charge on any atom is 0.228 e. The lowest BCUT2D eigenvalue weighted by Gasteiger charge is -2.31. The van der Waals surface area contributed by atoms with Gasteiger partial charge in [-0.3, -0.25) is 4.79 Å². The number of halogens is 1. The van der Waals surface area contributed by atoms with E-state index in [1.54, 1.807) is 0 Å². The number of hydrogen-bond acceptors (Lipinski definition) is 1. The van der Waals surface area contributed by atoms with Crippen LogP contribution in [0.3, 0.4) is 0 Å². The Bertz CT molecular complexity index is 211. The van der Waals surface area contributed by atoms with Crippen LogP contribution in [0.4, 0.5) is 0 Å². The molecule has 1 fully saturated rings. The van der Waals surface area contributed by atoms with E-state index in [1.165, 1.54) is 12.8 Å². The van der Waals surface area contributed by atoms with Crippen molar-refractivity contribution in [3.8, 4) is 0 Å². The number of hydrogen-bond donors (Lipinski definition) is 0. The van der Waals surface area contributed by atoms with E-state index in [4.69, 9.17) is 0 Å². The average Bonchev–Trinajstić information content (AvgIpc) is 2.96. The van der Waals surface area contributed by atoms with Gasteiger partial charge in [-0.05, 0) is 19.3 Å². The van der Waals surface area contributed by atoms with Crippen molar-refractivity contribution in [1.29, 1.82) is 0 Å². The second kappa shape index (κ2) is 4.65. The van der Waals surface area contributed by atoms with Crippen LogP contribution in [0.5, 0.6) is 0 Å². The fourth-order valence-electron chi connectivity index (χ4n) is 1.47. The van der Waals surface area contributed by atoms with Crippen LogP contribution in [-0.2, 0) is 4.79 Å². The van der Waals surface area contributed by atoms with Gasteiger partial charge in [-0.25, -0.2) is 0 Å². The number of amides is 1. The third-order valence-electron chi connectivity index (χ3n) is 3.04. The molecule has 0 bridgehead atoms. The highest BCUT2D eigenvalue weighted by atomic mass is 79.9. The molecule has 82 valence electrons. The topological polar surface area (TPSA) is 20.3 Å². The predicted molar refractivity (Wildman–Crippen MR) is 62.6 cm³/mol. The Balaban J connectivity index is 2.62. The zero-order valence-corrected chi connectivity index (χ0v) is 10.9. The van der Waals surface area contributed by atoms with E-state index >= 15 is 0 Å². The van der Waals surface area contributed by atoms with Crippen LogP contribution < -0.4 is 0 Å². The van der Waals surface area contributed by atoms with Crippen molar-refractivity contribution in [3.63, 3.8) is 0 Å². The molecule has 0 N–H and O–H groups in total. The second-order valence-corrected chi connectivity index (χ2v) is 5.45. The highest BCUT2D eigenvalue weighted by Crippen LogP contribution is 2.32. The molecule has 0 aliphatic heterocycles. The van der Waals surface area contributed by atoms with Crippen molar-refractivity contribution in [2.75, 3.05) is 11.9 Å². The summed E-state index contributed by atoms with van der Waals surface area (Å²) < 4.78 is 0. The summed E-state index contributed by atoms with van der Waals surface area (Å²) in [7, 11) is 0. The van der Waals surface area contributed by atoms with Crippen molar-refractivity contribution in [2.45, 2.75) is 46.1 Å². The molecule has 1 aliphatic rings. The maximum absolute atomic E-state index is 12.2. The molecule has 1 saturated carbocycles. The first-order chi connectivity index (χ1) is 6.53. The SMILES string of the molecule is CCC(C)(C)C(=O)N(CCBr)C1CC1. The van der Waals surface area contributed by atoms with Crippen LogP contribution in [0.25, 0.3) is 0 Å². The Morgan fingerprint density at radius 1 is 1.50 bits per heavy atom. The van der Waals surface area contributed by atoms with E-state index in [9.17, 15) is 4.79 Å². The minimum absolute atomic E-state index is 0.190.